The van der Waals surface area contributed by atoms with Gasteiger partial charge in [-0.05, 0) is 39.1 Å². The normalized spacial score (nSPS) is 16.1. The fourth-order valence-corrected chi connectivity index (χ4v) is 2.66. The highest BCUT2D eigenvalue weighted by atomic mass is 28.4. The summed E-state index contributed by atoms with van der Waals surface area (Å²) in [7, 11) is -0.354. The molecule has 0 aromatic heterocycles. The number of hydrogen-bond acceptors (Lipinski definition) is 3. The van der Waals surface area contributed by atoms with Crippen molar-refractivity contribution in [1.29, 1.82) is 0 Å². The first-order chi connectivity index (χ1) is 8.05. The van der Waals surface area contributed by atoms with Crippen LogP contribution in [0.15, 0.2) is 11.3 Å². The molecular weight excluding hydrogens is 246 g/mol. The summed E-state index contributed by atoms with van der Waals surface area (Å²) in [6.07, 6.45) is 0.333. The van der Waals surface area contributed by atoms with Gasteiger partial charge in [0, 0.05) is 6.92 Å². The molecule has 0 bridgehead atoms. The van der Waals surface area contributed by atoms with Crippen molar-refractivity contribution in [2.45, 2.75) is 52.4 Å². The number of nitrogens with zero attached hydrogens (tertiary/aromatic N) is 1. The molecule has 0 fully saturated rings. The van der Waals surface area contributed by atoms with Gasteiger partial charge in [-0.3, -0.25) is 4.85 Å². The molecule has 0 saturated heterocycles. The van der Waals surface area contributed by atoms with E-state index in [9.17, 15) is 4.79 Å². The van der Waals surface area contributed by atoms with E-state index in [-0.39, 0.29) is 0 Å². The third kappa shape index (κ3) is 4.92. The number of esters is 1. The van der Waals surface area contributed by atoms with Gasteiger partial charge in [-0.1, -0.05) is 0 Å². The van der Waals surface area contributed by atoms with Crippen molar-refractivity contribution in [3.63, 3.8) is 0 Å². The van der Waals surface area contributed by atoms with Crippen LogP contribution in [0, 0.1) is 6.57 Å². The van der Waals surface area contributed by atoms with Crippen LogP contribution in [0.25, 0.3) is 4.85 Å². The highest BCUT2D eigenvalue weighted by molar-refractivity contribution is 6.70. The van der Waals surface area contributed by atoms with Crippen LogP contribution in [0.3, 0.4) is 0 Å². The first-order valence-electron chi connectivity index (χ1n) is 5.88. The Bertz CT molecular complexity index is 390. The summed E-state index contributed by atoms with van der Waals surface area (Å²) in [6.45, 7) is 18.8. The number of carbonyl (C=O) groups excluding carboxylic acids is 1. The van der Waals surface area contributed by atoms with Crippen molar-refractivity contribution in [2.24, 2.45) is 0 Å². The smallest absolute Gasteiger partial charge is 0.393 e. The van der Waals surface area contributed by atoms with Gasteiger partial charge in [-0.15, -0.1) is 0 Å². The summed E-state index contributed by atoms with van der Waals surface area (Å²) in [6, 6.07) is 0. The summed E-state index contributed by atoms with van der Waals surface area (Å²) in [4.78, 5) is 15.0. The quantitative estimate of drug-likeness (QED) is 0.332. The zero-order chi connectivity index (χ0) is 14.6. The predicted molar refractivity (Wildman–Crippen MR) is 74.4 cm³/mol. The Labute approximate surface area is 111 Å². The van der Waals surface area contributed by atoms with E-state index in [1.54, 1.807) is 6.92 Å². The molecule has 0 radical (unpaired) electrons. The van der Waals surface area contributed by atoms with Crippen molar-refractivity contribution in [3.8, 4) is 0 Å². The second-order valence-corrected chi connectivity index (χ2v) is 10.0. The highest BCUT2D eigenvalue weighted by Crippen LogP contribution is 2.25. The van der Waals surface area contributed by atoms with E-state index >= 15 is 0 Å². The van der Waals surface area contributed by atoms with Gasteiger partial charge in [0.15, 0.2) is 0 Å². The molecule has 0 amide bonds. The van der Waals surface area contributed by atoms with Gasteiger partial charge in [0.05, 0.1) is 19.3 Å². The van der Waals surface area contributed by atoms with Crippen molar-refractivity contribution < 1.29 is 14.0 Å². The van der Waals surface area contributed by atoms with Crippen LogP contribution in [0.1, 0.15) is 27.2 Å². The van der Waals surface area contributed by atoms with Gasteiger partial charge in [0.2, 0.25) is 8.32 Å². The molecule has 0 spiro atoms. The maximum atomic E-state index is 11.6. The van der Waals surface area contributed by atoms with Crippen molar-refractivity contribution in [1.82, 2.24) is 0 Å². The van der Waals surface area contributed by atoms with Gasteiger partial charge in [0.1, 0.15) is 0 Å². The van der Waals surface area contributed by atoms with E-state index < -0.39 is 19.8 Å². The minimum atomic E-state index is -1.66. The molecule has 102 valence electrons. The monoisotopic (exact) mass is 269 g/mol. The Morgan fingerprint density at radius 2 is 1.83 bits per heavy atom. The lowest BCUT2D eigenvalue weighted by atomic mass is 9.94. The van der Waals surface area contributed by atoms with E-state index in [4.69, 9.17) is 11.0 Å². The van der Waals surface area contributed by atoms with Crippen molar-refractivity contribution in [3.05, 3.63) is 22.7 Å². The summed E-state index contributed by atoms with van der Waals surface area (Å²) in [5, 5.41) is 0. The van der Waals surface area contributed by atoms with Gasteiger partial charge < -0.3 is 9.16 Å². The Kier molecular flexibility index (Phi) is 5.62. The Morgan fingerprint density at radius 1 is 1.33 bits per heavy atom. The van der Waals surface area contributed by atoms with Crippen LogP contribution in [-0.2, 0) is 14.0 Å². The summed E-state index contributed by atoms with van der Waals surface area (Å²) >= 11 is 0. The molecule has 0 aliphatic heterocycles. The molecule has 0 aliphatic carbocycles. The molecule has 0 heterocycles. The lowest BCUT2D eigenvalue weighted by Gasteiger charge is -2.23. The van der Waals surface area contributed by atoms with E-state index in [0.717, 1.165) is 11.3 Å². The second-order valence-electron chi connectivity index (χ2n) is 5.60. The molecule has 4 nitrogen and oxygen atoms in total. The molecule has 18 heavy (non-hydrogen) atoms. The molecule has 0 aromatic rings. The molecule has 0 aliphatic rings. The SMILES string of the molecule is [C-]#[N+]C(C)(C/C(C)=C(/C)O[Si](C)(C)C)C(=O)OC. The number of hydrogen-bond donors (Lipinski definition) is 0. The first-order valence-corrected chi connectivity index (χ1v) is 9.29. The maximum Gasteiger partial charge on any atom is 0.393 e. The molecular formula is C13H23NO3Si. The second kappa shape index (κ2) is 6.05. The van der Waals surface area contributed by atoms with Crippen molar-refractivity contribution in [2.75, 3.05) is 7.11 Å². The Morgan fingerprint density at radius 3 is 2.17 bits per heavy atom. The number of methoxy groups -OCH3 is 1. The maximum absolute atomic E-state index is 11.6. The molecule has 1 atom stereocenters. The molecule has 0 rings (SSSR count). The summed E-state index contributed by atoms with van der Waals surface area (Å²) < 4.78 is 10.5. The molecule has 0 N–H and O–H groups in total. The van der Waals surface area contributed by atoms with Crippen LogP contribution in [-0.4, -0.2) is 26.9 Å². The van der Waals surface area contributed by atoms with Gasteiger partial charge in [-0.25, -0.2) is 11.4 Å². The molecule has 5 heteroatoms. The third-order valence-electron chi connectivity index (χ3n) is 2.54. The number of rotatable bonds is 5. The fraction of sp³-hybridized carbons (Fsp3) is 0.692. The van der Waals surface area contributed by atoms with Gasteiger partial charge >= 0.3 is 11.5 Å². The van der Waals surface area contributed by atoms with Gasteiger partial charge in [-0.2, -0.15) is 0 Å². The molecule has 1 unspecified atom stereocenters. The molecule has 0 aromatic carbocycles. The number of ether oxygens (including phenoxy) is 1. The average molecular weight is 269 g/mol. The summed E-state index contributed by atoms with van der Waals surface area (Å²) in [5.41, 5.74) is -0.246. The Hall–Kier alpha value is -1.28. The van der Waals surface area contributed by atoms with E-state index in [1.807, 2.05) is 13.8 Å². The summed E-state index contributed by atoms with van der Waals surface area (Å²) in [5.74, 6) is 0.311. The van der Waals surface area contributed by atoms with Gasteiger partial charge in [0.25, 0.3) is 0 Å². The van der Waals surface area contributed by atoms with Crippen molar-refractivity contribution >= 4 is 14.3 Å². The van der Waals surface area contributed by atoms with Crippen LogP contribution in [0.5, 0.6) is 0 Å². The highest BCUT2D eigenvalue weighted by Gasteiger charge is 2.42. The predicted octanol–water partition coefficient (Wildman–Crippen LogP) is 3.37. The molecule has 0 saturated carbocycles. The topological polar surface area (TPSA) is 39.9 Å². The van der Waals surface area contributed by atoms with E-state index in [1.165, 1.54) is 7.11 Å². The zero-order valence-corrected chi connectivity index (χ0v) is 13.4. The Balaban J connectivity index is 5.03. The fourth-order valence-electron chi connectivity index (χ4n) is 1.56. The van der Waals surface area contributed by atoms with Crippen LogP contribution in [0.2, 0.25) is 19.6 Å². The standard InChI is InChI=1S/C13H23NO3Si/c1-10(11(2)17-18(6,7)8)9-13(3,14-4)12(15)16-5/h9H2,1-3,5-8H3/b11-10-. The van der Waals surface area contributed by atoms with Crippen LogP contribution in [0.4, 0.5) is 0 Å². The van der Waals surface area contributed by atoms with E-state index in [0.29, 0.717) is 6.42 Å². The van der Waals surface area contributed by atoms with Crippen LogP contribution >= 0.6 is 0 Å². The zero-order valence-electron chi connectivity index (χ0n) is 12.4. The van der Waals surface area contributed by atoms with Crippen LogP contribution < -0.4 is 0 Å². The first kappa shape index (κ1) is 16.7. The number of allylic oxidation sites excluding steroid dienone is 1. The minimum Gasteiger partial charge on any atom is -0.548 e. The number of carbonyl (C=O) groups is 1. The van der Waals surface area contributed by atoms with E-state index in [2.05, 4.69) is 29.2 Å². The lowest BCUT2D eigenvalue weighted by Crippen LogP contribution is -2.33. The average Bonchev–Trinajstić information content (AvgIpc) is 2.25. The lowest BCUT2D eigenvalue weighted by molar-refractivity contribution is -0.144. The largest absolute Gasteiger partial charge is 0.548 e. The minimum absolute atomic E-state index is 0.333. The third-order valence-corrected chi connectivity index (χ3v) is 3.46.